The molecule has 3 heterocycles. The molecule has 1 aliphatic rings. The average molecular weight is 348 g/mol. The molecule has 7 heteroatoms. The van der Waals surface area contributed by atoms with Crippen molar-refractivity contribution >= 4 is 17.2 Å². The Kier molecular flexibility index (Phi) is 5.33. The van der Waals surface area contributed by atoms with Crippen LogP contribution in [0.2, 0.25) is 0 Å². The highest BCUT2D eigenvalue weighted by atomic mass is 32.1. The van der Waals surface area contributed by atoms with Crippen molar-refractivity contribution in [3.63, 3.8) is 0 Å². The van der Waals surface area contributed by atoms with Gasteiger partial charge in [0.05, 0.1) is 12.3 Å². The van der Waals surface area contributed by atoms with E-state index in [0.717, 1.165) is 25.2 Å². The molecule has 0 saturated heterocycles. The second-order valence-electron chi connectivity index (χ2n) is 6.28. The second-order valence-corrected chi connectivity index (χ2v) is 7.65. The summed E-state index contributed by atoms with van der Waals surface area (Å²) in [7, 11) is 3.52. The van der Waals surface area contributed by atoms with Gasteiger partial charge in [0, 0.05) is 43.1 Å². The average Bonchev–Trinajstić information content (AvgIpc) is 3.13. The molecular weight excluding hydrogens is 324 g/mol. The molecule has 0 aliphatic carbocycles. The monoisotopic (exact) mass is 348 g/mol. The first-order valence-electron chi connectivity index (χ1n) is 8.17. The molecule has 1 aliphatic heterocycles. The van der Waals surface area contributed by atoms with Gasteiger partial charge in [-0.2, -0.15) is 5.10 Å². The van der Waals surface area contributed by atoms with Gasteiger partial charge in [-0.05, 0) is 31.0 Å². The minimum absolute atomic E-state index is 0.0403. The first-order valence-corrected chi connectivity index (χ1v) is 8.98. The van der Waals surface area contributed by atoms with E-state index >= 15 is 0 Å². The Balaban J connectivity index is 1.60. The van der Waals surface area contributed by atoms with Crippen LogP contribution in [0.15, 0.2) is 18.3 Å². The van der Waals surface area contributed by atoms with E-state index in [4.69, 9.17) is 4.74 Å². The largest absolute Gasteiger partial charge is 0.370 e. The Hall–Kier alpha value is -1.70. The number of carbonyl (C=O) groups is 1. The predicted octanol–water partition coefficient (Wildman–Crippen LogP) is 1.74. The van der Waals surface area contributed by atoms with E-state index in [1.54, 1.807) is 23.7 Å². The number of hydrogen-bond acceptors (Lipinski definition) is 5. The molecule has 130 valence electrons. The van der Waals surface area contributed by atoms with Gasteiger partial charge < -0.3 is 15.0 Å². The van der Waals surface area contributed by atoms with E-state index in [1.807, 2.05) is 17.5 Å². The lowest BCUT2D eigenvalue weighted by atomic mass is 10.1. The van der Waals surface area contributed by atoms with Gasteiger partial charge in [0.1, 0.15) is 12.6 Å². The van der Waals surface area contributed by atoms with Crippen molar-refractivity contribution in [2.75, 3.05) is 27.2 Å². The number of aromatic nitrogens is 2. The Bertz CT molecular complexity index is 707. The summed E-state index contributed by atoms with van der Waals surface area (Å²) < 4.78 is 7.62. The van der Waals surface area contributed by atoms with Crippen LogP contribution in [0.4, 0.5) is 0 Å². The third kappa shape index (κ3) is 4.03. The van der Waals surface area contributed by atoms with E-state index in [-0.39, 0.29) is 18.6 Å². The van der Waals surface area contributed by atoms with Gasteiger partial charge in [0.25, 0.3) is 0 Å². The molecule has 24 heavy (non-hydrogen) atoms. The number of nitrogens with one attached hydrogen (secondary N) is 1. The van der Waals surface area contributed by atoms with Crippen LogP contribution in [0.25, 0.3) is 0 Å². The normalized spacial score (nSPS) is 16.9. The molecule has 1 atom stereocenters. The van der Waals surface area contributed by atoms with Crippen molar-refractivity contribution in [2.45, 2.75) is 32.5 Å². The minimum atomic E-state index is -0.0504. The lowest BCUT2D eigenvalue weighted by molar-refractivity contribution is -0.129. The number of ether oxygens (including phenoxy) is 1. The predicted molar refractivity (Wildman–Crippen MR) is 94.1 cm³/mol. The SMILES string of the molecule is Cc1ccc(CNC[C@H]2OCCc3cn(CC(=O)N(C)C)nc32)s1. The van der Waals surface area contributed by atoms with Crippen molar-refractivity contribution in [1.29, 1.82) is 0 Å². The quantitative estimate of drug-likeness (QED) is 0.864. The summed E-state index contributed by atoms with van der Waals surface area (Å²) in [6.45, 7) is 4.65. The van der Waals surface area contributed by atoms with E-state index in [9.17, 15) is 4.79 Å². The zero-order valence-corrected chi connectivity index (χ0v) is 15.2. The summed E-state index contributed by atoms with van der Waals surface area (Å²) in [6.07, 6.45) is 2.78. The number of likely N-dealkylation sites (N-methyl/N-ethyl adjacent to an activating group) is 1. The molecule has 1 N–H and O–H groups in total. The number of aryl methyl sites for hydroxylation is 1. The number of amides is 1. The molecule has 0 saturated carbocycles. The van der Waals surface area contributed by atoms with E-state index in [0.29, 0.717) is 6.61 Å². The van der Waals surface area contributed by atoms with Crippen LogP contribution in [-0.2, 0) is 29.0 Å². The Morgan fingerprint density at radius 1 is 1.50 bits per heavy atom. The van der Waals surface area contributed by atoms with Crippen molar-refractivity contribution in [1.82, 2.24) is 20.0 Å². The molecule has 0 unspecified atom stereocenters. The summed E-state index contributed by atoms with van der Waals surface area (Å²) in [5, 5.41) is 8.05. The smallest absolute Gasteiger partial charge is 0.243 e. The van der Waals surface area contributed by atoms with Gasteiger partial charge in [-0.15, -0.1) is 11.3 Å². The van der Waals surface area contributed by atoms with Crippen LogP contribution in [0.5, 0.6) is 0 Å². The van der Waals surface area contributed by atoms with Crippen LogP contribution in [0, 0.1) is 6.92 Å². The van der Waals surface area contributed by atoms with E-state index in [2.05, 4.69) is 29.5 Å². The molecule has 0 fully saturated rings. The van der Waals surface area contributed by atoms with Gasteiger partial charge in [-0.25, -0.2) is 0 Å². The number of hydrogen-bond donors (Lipinski definition) is 1. The van der Waals surface area contributed by atoms with Crippen molar-refractivity contribution in [2.24, 2.45) is 0 Å². The topological polar surface area (TPSA) is 59.4 Å². The van der Waals surface area contributed by atoms with Crippen LogP contribution in [0.1, 0.15) is 27.1 Å². The second kappa shape index (κ2) is 7.46. The molecule has 0 bridgehead atoms. The van der Waals surface area contributed by atoms with Crippen LogP contribution < -0.4 is 5.32 Å². The van der Waals surface area contributed by atoms with Gasteiger partial charge in [-0.1, -0.05) is 0 Å². The molecular formula is C17H24N4O2S. The molecule has 0 spiro atoms. The summed E-state index contributed by atoms with van der Waals surface area (Å²) in [6, 6.07) is 4.29. The summed E-state index contributed by atoms with van der Waals surface area (Å²) in [5.74, 6) is 0.0403. The Morgan fingerprint density at radius 2 is 2.33 bits per heavy atom. The third-order valence-electron chi connectivity index (χ3n) is 4.09. The molecule has 0 radical (unpaired) electrons. The molecule has 2 aromatic rings. The highest BCUT2D eigenvalue weighted by Gasteiger charge is 2.25. The highest BCUT2D eigenvalue weighted by molar-refractivity contribution is 7.11. The Morgan fingerprint density at radius 3 is 3.04 bits per heavy atom. The number of thiophene rings is 1. The summed E-state index contributed by atoms with van der Waals surface area (Å²) in [5.41, 5.74) is 2.15. The third-order valence-corrected chi connectivity index (χ3v) is 5.09. The molecule has 2 aromatic heterocycles. The molecule has 3 rings (SSSR count). The van der Waals surface area contributed by atoms with Crippen LogP contribution in [-0.4, -0.2) is 47.8 Å². The first-order chi connectivity index (χ1) is 11.5. The summed E-state index contributed by atoms with van der Waals surface area (Å²) >= 11 is 1.81. The lowest BCUT2D eigenvalue weighted by Gasteiger charge is -2.22. The molecule has 0 aromatic carbocycles. The number of carbonyl (C=O) groups excluding carboxylic acids is 1. The van der Waals surface area contributed by atoms with Crippen LogP contribution >= 0.6 is 11.3 Å². The van der Waals surface area contributed by atoms with Gasteiger partial charge in [0.2, 0.25) is 5.91 Å². The van der Waals surface area contributed by atoms with Gasteiger partial charge >= 0.3 is 0 Å². The standard InChI is InChI=1S/C17H24N4O2S/c1-12-4-5-14(24-12)8-18-9-15-17-13(6-7-23-15)10-21(19-17)11-16(22)20(2)3/h4-5,10,15,18H,6-9,11H2,1-3H3/t15-/m1/s1. The van der Waals surface area contributed by atoms with Crippen LogP contribution in [0.3, 0.4) is 0 Å². The van der Waals surface area contributed by atoms with Crippen molar-refractivity contribution in [3.8, 4) is 0 Å². The summed E-state index contributed by atoms with van der Waals surface area (Å²) in [4.78, 5) is 16.1. The number of nitrogens with zero attached hydrogens (tertiary/aromatic N) is 3. The molecule has 1 amide bonds. The van der Waals surface area contributed by atoms with Crippen molar-refractivity contribution < 1.29 is 9.53 Å². The highest BCUT2D eigenvalue weighted by Crippen LogP contribution is 2.25. The maximum absolute atomic E-state index is 11.9. The van der Waals surface area contributed by atoms with E-state index in [1.165, 1.54) is 15.3 Å². The molecule has 6 nitrogen and oxygen atoms in total. The zero-order valence-electron chi connectivity index (χ0n) is 14.4. The van der Waals surface area contributed by atoms with Crippen molar-refractivity contribution in [3.05, 3.63) is 39.3 Å². The van der Waals surface area contributed by atoms with E-state index < -0.39 is 0 Å². The number of fused-ring (bicyclic) bond motifs is 1. The maximum atomic E-state index is 11.9. The fraction of sp³-hybridized carbons (Fsp3) is 0.529. The Labute approximate surface area is 146 Å². The van der Waals surface area contributed by atoms with Gasteiger partial charge in [0.15, 0.2) is 0 Å². The van der Waals surface area contributed by atoms with Gasteiger partial charge in [-0.3, -0.25) is 9.48 Å². The lowest BCUT2D eigenvalue weighted by Crippen LogP contribution is -2.28. The fourth-order valence-electron chi connectivity index (χ4n) is 2.75. The minimum Gasteiger partial charge on any atom is -0.370 e. The number of rotatable bonds is 6. The zero-order chi connectivity index (χ0) is 17.1. The first kappa shape index (κ1) is 17.1. The fourth-order valence-corrected chi connectivity index (χ4v) is 3.61. The maximum Gasteiger partial charge on any atom is 0.243 e.